The number of carbonyl (C=O) groups is 1. The van der Waals surface area contributed by atoms with Crippen LogP contribution in [-0.2, 0) is 43.5 Å². The van der Waals surface area contributed by atoms with Gasteiger partial charge in [0.05, 0.1) is 26.4 Å². The third-order valence-corrected chi connectivity index (χ3v) is 5.82. The minimum absolute atomic E-state index is 0.0686. The molecule has 1 aliphatic heterocycles. The summed E-state index contributed by atoms with van der Waals surface area (Å²) < 4.78 is 36.7. The molecule has 0 spiro atoms. The summed E-state index contributed by atoms with van der Waals surface area (Å²) in [5.41, 5.74) is 4.47. The van der Waals surface area contributed by atoms with Crippen molar-refractivity contribution in [3.63, 3.8) is 0 Å². The molecule has 1 heterocycles. The number of aliphatic hydroxyl groups excluding tert-OH is 1. The van der Waals surface area contributed by atoms with Crippen molar-refractivity contribution in [2.45, 2.75) is 50.5 Å². The van der Waals surface area contributed by atoms with Crippen molar-refractivity contribution >= 4 is 6.09 Å². The van der Waals surface area contributed by atoms with Crippen molar-refractivity contribution in [3.8, 4) is 0 Å². The van der Waals surface area contributed by atoms with Crippen molar-refractivity contribution in [1.82, 2.24) is 0 Å². The zero-order valence-corrected chi connectivity index (χ0v) is 19.8. The molecule has 0 radical (unpaired) electrons. The maximum Gasteiger partial charge on any atom is 0.404 e. The monoisotopic (exact) mass is 494 g/mol. The van der Waals surface area contributed by atoms with Crippen molar-refractivity contribution in [2.24, 2.45) is 5.73 Å². The maximum absolute atomic E-state index is 12.1. The van der Waals surface area contributed by atoms with E-state index in [9.17, 15) is 9.90 Å². The zero-order valence-electron chi connectivity index (χ0n) is 20.8. The average molecular weight is 495 g/mol. The highest BCUT2D eigenvalue weighted by Crippen LogP contribution is 2.29. The van der Waals surface area contributed by atoms with Crippen molar-refractivity contribution < 1.29 is 35.0 Å². The third kappa shape index (κ3) is 7.36. The Balaban J connectivity index is 1.52. The highest BCUT2D eigenvalue weighted by atomic mass is 16.7. The van der Waals surface area contributed by atoms with E-state index in [4.69, 9.17) is 25.1 Å². The average Bonchev–Trinajstić information content (AvgIpc) is 2.94. The van der Waals surface area contributed by atoms with Gasteiger partial charge in [-0.3, -0.25) is 0 Å². The highest BCUT2D eigenvalue weighted by Gasteiger charge is 2.49. The fourth-order valence-electron chi connectivity index (χ4n) is 4.07. The number of aliphatic hydroxyl groups is 1. The molecule has 1 amide bonds. The minimum atomic E-state index is -1.42. The molecule has 8 nitrogen and oxygen atoms in total. The Morgan fingerprint density at radius 2 is 1.28 bits per heavy atom. The van der Waals surface area contributed by atoms with Gasteiger partial charge in [0.1, 0.15) is 18.3 Å². The van der Waals surface area contributed by atoms with E-state index in [0.29, 0.717) is 6.61 Å². The Bertz CT molecular complexity index is 1070. The van der Waals surface area contributed by atoms with Crippen LogP contribution in [0.25, 0.3) is 0 Å². The number of carbonyl (C=O) groups excluding carboxylic acids is 1. The first-order chi connectivity index (χ1) is 18.1. The zero-order chi connectivity index (χ0) is 25.9. The van der Waals surface area contributed by atoms with Gasteiger partial charge in [-0.25, -0.2) is 4.79 Å². The summed E-state index contributed by atoms with van der Waals surface area (Å²) in [5.74, 6) is 0. The molecule has 3 N–H and O–H groups in total. The Hall–Kier alpha value is -3.27. The van der Waals surface area contributed by atoms with E-state index in [1.54, 1.807) is 5.73 Å². The first-order valence-corrected chi connectivity index (χ1v) is 11.8. The van der Waals surface area contributed by atoms with E-state index in [1.165, 1.54) is 0 Å². The predicted octanol–water partition coefficient (Wildman–Crippen LogP) is 3.56. The van der Waals surface area contributed by atoms with Gasteiger partial charge in [-0.15, -0.1) is 0 Å². The lowest BCUT2D eigenvalue weighted by molar-refractivity contribution is -0.307. The first kappa shape index (κ1) is 24.4. The summed E-state index contributed by atoms with van der Waals surface area (Å²) in [6.45, 7) is 0.747. The summed E-state index contributed by atoms with van der Waals surface area (Å²) >= 11 is 0. The van der Waals surface area contributed by atoms with Crippen LogP contribution in [0, 0.1) is 0 Å². The fourth-order valence-corrected chi connectivity index (χ4v) is 4.07. The molecule has 3 aromatic rings. The lowest BCUT2D eigenvalue weighted by atomic mass is 9.98. The first-order valence-electron chi connectivity index (χ1n) is 12.3. The molecule has 0 aromatic heterocycles. The number of amides is 1. The molecular formula is C28H31NO7. The van der Waals surface area contributed by atoms with Gasteiger partial charge >= 0.3 is 6.09 Å². The molecule has 4 rings (SSSR count). The molecule has 5 atom stereocenters. The normalized spacial score (nSPS) is 24.0. The summed E-state index contributed by atoms with van der Waals surface area (Å²) in [7, 11) is 0. The Morgan fingerprint density at radius 3 is 1.81 bits per heavy atom. The van der Waals surface area contributed by atoms with Gasteiger partial charge in [0.15, 0.2) is 13.8 Å². The lowest BCUT2D eigenvalue weighted by Crippen LogP contribution is -2.61. The topological polar surface area (TPSA) is 109 Å². The molecular weight excluding hydrogens is 462 g/mol. The summed E-state index contributed by atoms with van der Waals surface area (Å²) in [6, 6.07) is 28.6. The van der Waals surface area contributed by atoms with Gasteiger partial charge in [-0.1, -0.05) is 91.0 Å². The Morgan fingerprint density at radius 1 is 0.778 bits per heavy atom. The maximum atomic E-state index is 12.1. The fraction of sp³-hybridized carbons (Fsp3) is 0.321. The summed E-state index contributed by atoms with van der Waals surface area (Å²) in [4.78, 5) is 12.1. The van der Waals surface area contributed by atoms with Gasteiger partial charge in [0.25, 0.3) is 0 Å². The second-order valence-electron chi connectivity index (χ2n) is 8.46. The number of hydrogen-bond donors (Lipinski definition) is 2. The molecule has 1 fully saturated rings. The Labute approximate surface area is 212 Å². The van der Waals surface area contributed by atoms with Gasteiger partial charge in [0.2, 0.25) is 0 Å². The van der Waals surface area contributed by atoms with E-state index in [0.717, 1.165) is 16.7 Å². The largest absolute Gasteiger partial charge is 0.441 e. The van der Waals surface area contributed by atoms with E-state index >= 15 is 0 Å². The van der Waals surface area contributed by atoms with Crippen LogP contribution in [0.15, 0.2) is 91.0 Å². The van der Waals surface area contributed by atoms with Gasteiger partial charge in [-0.05, 0) is 16.7 Å². The van der Waals surface area contributed by atoms with Gasteiger partial charge in [-0.2, -0.15) is 0 Å². The van der Waals surface area contributed by atoms with Crippen LogP contribution in [0.5, 0.6) is 0 Å². The van der Waals surface area contributed by atoms with Crippen LogP contribution in [0.4, 0.5) is 4.79 Å². The quantitative estimate of drug-likeness (QED) is 0.420. The molecule has 3 aromatic carbocycles. The minimum Gasteiger partial charge on any atom is -0.441 e. The van der Waals surface area contributed by atoms with E-state index in [-0.39, 0.29) is 19.8 Å². The lowest BCUT2D eigenvalue weighted by Gasteiger charge is -2.43. The second-order valence-corrected chi connectivity index (χ2v) is 8.46. The predicted molar refractivity (Wildman–Crippen MR) is 131 cm³/mol. The van der Waals surface area contributed by atoms with Crippen molar-refractivity contribution in [2.75, 3.05) is 6.61 Å². The molecule has 0 aliphatic carbocycles. The number of hydrogen-bond acceptors (Lipinski definition) is 7. The van der Waals surface area contributed by atoms with Crippen LogP contribution in [0.3, 0.4) is 0 Å². The van der Waals surface area contributed by atoms with Crippen LogP contribution in [0.2, 0.25) is 1.41 Å². The smallest absolute Gasteiger partial charge is 0.404 e. The second kappa shape index (κ2) is 13.2. The third-order valence-electron chi connectivity index (χ3n) is 5.82. The van der Waals surface area contributed by atoms with Crippen LogP contribution < -0.4 is 5.73 Å². The van der Waals surface area contributed by atoms with Gasteiger partial charge < -0.3 is 34.5 Å². The number of ether oxygens (including phenoxy) is 5. The molecule has 1 saturated heterocycles. The summed E-state index contributed by atoms with van der Waals surface area (Å²) in [5, 5.41) is 10.9. The van der Waals surface area contributed by atoms with Crippen LogP contribution in [0.1, 0.15) is 16.7 Å². The molecule has 36 heavy (non-hydrogen) atoms. The molecule has 1 aliphatic rings. The molecule has 190 valence electrons. The number of benzene rings is 3. The number of rotatable bonds is 11. The standard InChI is InChI=1S/C28H31NO7/c29-28(31)36-25-24(33-17-21-12-6-2-7-13-21)23(19-32-16-20-10-4-1-5-11-20)35-27(30)26(25)34-18-22-14-8-3-9-15-22/h1-15,23-27,30H,16-19H2,(H2,29,31)/t23-,24-,25+,26+,27?/m1/s1/i/hD. The van der Waals surface area contributed by atoms with E-state index < -0.39 is 36.8 Å². The van der Waals surface area contributed by atoms with Crippen LogP contribution in [-0.4, -0.2) is 48.5 Å². The molecule has 8 heteroatoms. The van der Waals surface area contributed by atoms with Crippen molar-refractivity contribution in [1.29, 1.82) is 0 Å². The Kier molecular flexibility index (Phi) is 8.92. The number of primary amides is 1. The highest BCUT2D eigenvalue weighted by molar-refractivity contribution is 5.65. The molecule has 1 unspecified atom stereocenters. The SMILES string of the molecule is [2H]NC(=O)O[C@H]1[C@H](OCc2ccccc2)[C@@H](COCc2ccccc2)OC(O)[C@H]1OCc1ccccc1. The van der Waals surface area contributed by atoms with E-state index in [1.807, 2.05) is 91.0 Å². The molecule has 0 saturated carbocycles. The number of nitrogens with two attached hydrogens (primary N) is 1. The van der Waals surface area contributed by atoms with E-state index in [2.05, 4.69) is 0 Å². The van der Waals surface area contributed by atoms with Crippen molar-refractivity contribution in [3.05, 3.63) is 108 Å². The van der Waals surface area contributed by atoms with Gasteiger partial charge in [0, 0.05) is 0 Å². The summed E-state index contributed by atoms with van der Waals surface area (Å²) in [6.07, 6.45) is -6.19. The molecule has 0 bridgehead atoms. The van der Waals surface area contributed by atoms with Crippen LogP contribution >= 0.6 is 0 Å².